The highest BCUT2D eigenvalue weighted by molar-refractivity contribution is 5.37. The van der Waals surface area contributed by atoms with Crippen molar-refractivity contribution < 1.29 is 0 Å². The van der Waals surface area contributed by atoms with E-state index in [-0.39, 0.29) is 0 Å². The monoisotopic (exact) mass is 255 g/mol. The number of rotatable bonds is 4. The van der Waals surface area contributed by atoms with Gasteiger partial charge in [-0.25, -0.2) is 0 Å². The van der Waals surface area contributed by atoms with Gasteiger partial charge in [0.05, 0.1) is 6.20 Å². The van der Waals surface area contributed by atoms with Crippen LogP contribution >= 0.6 is 0 Å². The molecule has 0 saturated carbocycles. The van der Waals surface area contributed by atoms with Crippen LogP contribution in [0.15, 0.2) is 30.6 Å². The Morgan fingerprint density at radius 3 is 2.89 bits per heavy atom. The fourth-order valence-corrected chi connectivity index (χ4v) is 3.01. The largest absolute Gasteiger partial charge is 0.313 e. The number of benzene rings is 1. The van der Waals surface area contributed by atoms with Gasteiger partial charge in [0, 0.05) is 19.3 Å². The van der Waals surface area contributed by atoms with Crippen molar-refractivity contribution >= 4 is 0 Å². The third kappa shape index (κ3) is 2.56. The first-order valence-electron chi connectivity index (χ1n) is 7.03. The smallest absolute Gasteiger partial charge is 0.0522 e. The van der Waals surface area contributed by atoms with Crippen LogP contribution in [-0.4, -0.2) is 16.8 Å². The number of nitrogens with zero attached hydrogens (tertiary/aromatic N) is 2. The molecule has 1 atom stereocenters. The van der Waals surface area contributed by atoms with Crippen LogP contribution in [0.5, 0.6) is 0 Å². The average Bonchev–Trinajstić information content (AvgIpc) is 3.03. The first-order chi connectivity index (χ1) is 9.26. The second kappa shape index (κ2) is 5.17. The highest BCUT2D eigenvalue weighted by Gasteiger charge is 2.15. The zero-order valence-electron chi connectivity index (χ0n) is 11.7. The first kappa shape index (κ1) is 12.4. The molecule has 1 N–H and O–H groups in total. The third-order valence-electron chi connectivity index (χ3n) is 4.07. The first-order valence-corrected chi connectivity index (χ1v) is 7.03. The Labute approximate surface area is 114 Å². The topological polar surface area (TPSA) is 29.9 Å². The molecular formula is C16H21N3. The number of hydrogen-bond donors (Lipinski definition) is 1. The van der Waals surface area contributed by atoms with Crippen molar-refractivity contribution in [2.75, 3.05) is 7.05 Å². The van der Waals surface area contributed by atoms with Crippen LogP contribution in [0.4, 0.5) is 0 Å². The molecule has 0 saturated heterocycles. The Bertz CT molecular complexity index is 571. The van der Waals surface area contributed by atoms with Crippen molar-refractivity contribution in [1.82, 2.24) is 15.1 Å². The Balaban J connectivity index is 1.82. The van der Waals surface area contributed by atoms with Crippen molar-refractivity contribution in [3.8, 4) is 0 Å². The van der Waals surface area contributed by atoms with Crippen LogP contribution in [-0.2, 0) is 26.3 Å². The van der Waals surface area contributed by atoms with Crippen molar-refractivity contribution in [3.63, 3.8) is 0 Å². The second-order valence-corrected chi connectivity index (χ2v) is 5.45. The Morgan fingerprint density at radius 1 is 1.32 bits per heavy atom. The minimum Gasteiger partial charge on any atom is -0.313 e. The van der Waals surface area contributed by atoms with Gasteiger partial charge in [-0.3, -0.25) is 4.68 Å². The van der Waals surface area contributed by atoms with E-state index in [1.807, 2.05) is 25.0 Å². The molecular weight excluding hydrogens is 234 g/mol. The maximum atomic E-state index is 4.24. The van der Waals surface area contributed by atoms with Crippen molar-refractivity contribution in [2.24, 2.45) is 7.05 Å². The number of aryl methyl sites for hydroxylation is 3. The van der Waals surface area contributed by atoms with Crippen LogP contribution in [0.3, 0.4) is 0 Å². The quantitative estimate of drug-likeness (QED) is 0.909. The van der Waals surface area contributed by atoms with Gasteiger partial charge in [0.1, 0.15) is 0 Å². The summed E-state index contributed by atoms with van der Waals surface area (Å²) < 4.78 is 1.87. The molecule has 3 rings (SSSR count). The van der Waals surface area contributed by atoms with Gasteiger partial charge < -0.3 is 5.32 Å². The lowest BCUT2D eigenvalue weighted by molar-refractivity contribution is 0.591. The van der Waals surface area contributed by atoms with Gasteiger partial charge in [-0.2, -0.15) is 5.10 Å². The van der Waals surface area contributed by atoms with E-state index < -0.39 is 0 Å². The molecule has 0 aliphatic heterocycles. The number of likely N-dealkylation sites (N-methyl/N-ethyl adjacent to an activating group) is 1. The number of aromatic nitrogens is 2. The van der Waals surface area contributed by atoms with Crippen molar-refractivity contribution in [1.29, 1.82) is 0 Å². The molecule has 1 unspecified atom stereocenters. The zero-order chi connectivity index (χ0) is 13.2. The van der Waals surface area contributed by atoms with E-state index in [1.165, 1.54) is 30.4 Å². The third-order valence-corrected chi connectivity index (χ3v) is 4.07. The molecule has 3 nitrogen and oxygen atoms in total. The molecule has 1 aromatic heterocycles. The standard InChI is InChI=1S/C16H21N3/c1-17-16(8-12-10-18-19(2)11-12)15-7-6-13-4-3-5-14(13)9-15/h6-7,9-11,16-17H,3-5,8H2,1-2H3. The van der Waals surface area contributed by atoms with E-state index in [9.17, 15) is 0 Å². The van der Waals surface area contributed by atoms with Crippen LogP contribution in [0, 0.1) is 0 Å². The lowest BCUT2D eigenvalue weighted by atomic mass is 9.97. The minimum absolute atomic E-state index is 0.370. The number of nitrogens with one attached hydrogen (secondary N) is 1. The maximum absolute atomic E-state index is 4.24. The molecule has 2 aromatic rings. The van der Waals surface area contributed by atoms with E-state index in [1.54, 1.807) is 11.1 Å². The predicted molar refractivity (Wildman–Crippen MR) is 77.2 cm³/mol. The van der Waals surface area contributed by atoms with Gasteiger partial charge in [-0.15, -0.1) is 0 Å². The molecule has 0 radical (unpaired) electrons. The summed E-state index contributed by atoms with van der Waals surface area (Å²) in [5, 5.41) is 7.67. The summed E-state index contributed by atoms with van der Waals surface area (Å²) >= 11 is 0. The van der Waals surface area contributed by atoms with E-state index in [0.29, 0.717) is 6.04 Å². The molecule has 1 aliphatic rings. The molecule has 0 bridgehead atoms. The van der Waals surface area contributed by atoms with Gasteiger partial charge in [0.2, 0.25) is 0 Å². The lowest BCUT2D eigenvalue weighted by Crippen LogP contribution is -2.18. The van der Waals surface area contributed by atoms with E-state index in [0.717, 1.165) is 6.42 Å². The molecule has 3 heteroatoms. The van der Waals surface area contributed by atoms with Crippen LogP contribution < -0.4 is 5.32 Å². The summed E-state index contributed by atoms with van der Waals surface area (Å²) in [7, 11) is 4.00. The summed E-state index contributed by atoms with van der Waals surface area (Å²) in [5.41, 5.74) is 5.76. The minimum atomic E-state index is 0.370. The van der Waals surface area contributed by atoms with Crippen molar-refractivity contribution in [2.45, 2.75) is 31.7 Å². The highest BCUT2D eigenvalue weighted by Crippen LogP contribution is 2.26. The van der Waals surface area contributed by atoms with Gasteiger partial charge >= 0.3 is 0 Å². The fraction of sp³-hybridized carbons (Fsp3) is 0.438. The average molecular weight is 255 g/mol. The summed E-state index contributed by atoms with van der Waals surface area (Å²) in [6, 6.07) is 7.35. The van der Waals surface area contributed by atoms with Gasteiger partial charge in [-0.1, -0.05) is 18.2 Å². The summed E-state index contributed by atoms with van der Waals surface area (Å²) in [5.74, 6) is 0. The SMILES string of the molecule is CNC(Cc1cnn(C)c1)c1ccc2c(c1)CCC2. The highest BCUT2D eigenvalue weighted by atomic mass is 15.2. The predicted octanol–water partition coefficient (Wildman–Crippen LogP) is 2.41. The summed E-state index contributed by atoms with van der Waals surface area (Å²) in [4.78, 5) is 0. The van der Waals surface area contributed by atoms with Gasteiger partial charge in [-0.05, 0) is 55.0 Å². The second-order valence-electron chi connectivity index (χ2n) is 5.45. The van der Waals surface area contributed by atoms with Crippen LogP contribution in [0.1, 0.15) is 34.7 Å². The van der Waals surface area contributed by atoms with E-state index >= 15 is 0 Å². The Hall–Kier alpha value is -1.61. The zero-order valence-corrected chi connectivity index (χ0v) is 11.7. The number of hydrogen-bond acceptors (Lipinski definition) is 2. The molecule has 1 aromatic carbocycles. The number of fused-ring (bicyclic) bond motifs is 1. The normalized spacial score (nSPS) is 15.5. The maximum Gasteiger partial charge on any atom is 0.0522 e. The van der Waals surface area contributed by atoms with Crippen LogP contribution in [0.25, 0.3) is 0 Å². The van der Waals surface area contributed by atoms with Gasteiger partial charge in [0.25, 0.3) is 0 Å². The Kier molecular flexibility index (Phi) is 3.38. The van der Waals surface area contributed by atoms with Crippen molar-refractivity contribution in [3.05, 3.63) is 52.8 Å². The summed E-state index contributed by atoms with van der Waals surface area (Å²) in [6.45, 7) is 0. The fourth-order valence-electron chi connectivity index (χ4n) is 3.01. The molecule has 0 spiro atoms. The molecule has 1 heterocycles. The van der Waals surface area contributed by atoms with E-state index in [4.69, 9.17) is 0 Å². The molecule has 0 fully saturated rings. The summed E-state index contributed by atoms with van der Waals surface area (Å²) in [6.07, 6.45) is 8.85. The molecule has 0 amide bonds. The molecule has 1 aliphatic carbocycles. The molecule has 100 valence electrons. The lowest BCUT2D eigenvalue weighted by Gasteiger charge is -2.17. The van der Waals surface area contributed by atoms with Gasteiger partial charge in [0.15, 0.2) is 0 Å². The molecule has 19 heavy (non-hydrogen) atoms. The Morgan fingerprint density at radius 2 is 2.16 bits per heavy atom. The van der Waals surface area contributed by atoms with Crippen LogP contribution in [0.2, 0.25) is 0 Å². The van der Waals surface area contributed by atoms with E-state index in [2.05, 4.69) is 34.8 Å².